The predicted octanol–water partition coefficient (Wildman–Crippen LogP) is 3.17. The van der Waals surface area contributed by atoms with E-state index in [0.717, 1.165) is 11.1 Å². The quantitative estimate of drug-likeness (QED) is 0.463. The largest absolute Gasteiger partial charge is 0.493 e. The molecule has 0 saturated carbocycles. The summed E-state index contributed by atoms with van der Waals surface area (Å²) < 4.78 is 12.2. The van der Waals surface area contributed by atoms with Crippen LogP contribution in [-0.2, 0) is 11.3 Å². The lowest BCUT2D eigenvalue weighted by atomic mass is 10.1. The number of methoxy groups -OCH3 is 1. The Kier molecular flexibility index (Phi) is 6.08. The van der Waals surface area contributed by atoms with E-state index < -0.39 is 10.8 Å². The molecule has 1 aromatic heterocycles. The van der Waals surface area contributed by atoms with Crippen molar-refractivity contribution in [3.05, 3.63) is 76.0 Å². The standard InChI is InChI=1S/C20H20N4O5/c1-14-4-3-5-15(10-14)12-23-19(8-9-21-23)22-20(25)13-29-18-11-16(24(26)27)6-7-17(18)28-2/h3-11H,12-13H2,1-2H3,(H,22,25). The molecule has 9 heteroatoms. The Bertz CT molecular complexity index is 1030. The molecule has 0 aliphatic heterocycles. The Labute approximate surface area is 167 Å². The summed E-state index contributed by atoms with van der Waals surface area (Å²) in [6.45, 7) is 2.17. The normalized spacial score (nSPS) is 10.4. The van der Waals surface area contributed by atoms with Gasteiger partial charge in [0.1, 0.15) is 5.82 Å². The molecule has 0 fully saturated rings. The molecule has 1 heterocycles. The number of non-ortho nitro benzene ring substituents is 1. The van der Waals surface area contributed by atoms with E-state index in [1.54, 1.807) is 16.9 Å². The van der Waals surface area contributed by atoms with Crippen LogP contribution in [0.1, 0.15) is 11.1 Å². The minimum atomic E-state index is -0.545. The second kappa shape index (κ2) is 8.87. The molecule has 150 valence electrons. The number of nitro benzene ring substituents is 1. The van der Waals surface area contributed by atoms with Crippen molar-refractivity contribution in [2.24, 2.45) is 0 Å². The number of rotatable bonds is 8. The molecule has 1 amide bonds. The lowest BCUT2D eigenvalue weighted by Crippen LogP contribution is -2.22. The number of carbonyl (C=O) groups is 1. The van der Waals surface area contributed by atoms with Crippen molar-refractivity contribution in [2.75, 3.05) is 19.0 Å². The summed E-state index contributed by atoms with van der Waals surface area (Å²) in [5, 5.41) is 17.9. The van der Waals surface area contributed by atoms with E-state index in [1.807, 2.05) is 31.2 Å². The van der Waals surface area contributed by atoms with Crippen LogP contribution in [0.15, 0.2) is 54.7 Å². The van der Waals surface area contributed by atoms with E-state index in [1.165, 1.54) is 25.3 Å². The van der Waals surface area contributed by atoms with Gasteiger partial charge < -0.3 is 14.8 Å². The highest BCUT2D eigenvalue weighted by Crippen LogP contribution is 2.31. The maximum absolute atomic E-state index is 12.3. The first-order valence-corrected chi connectivity index (χ1v) is 8.78. The zero-order valence-corrected chi connectivity index (χ0v) is 16.0. The molecule has 2 aromatic carbocycles. The number of amides is 1. The van der Waals surface area contributed by atoms with E-state index in [0.29, 0.717) is 18.1 Å². The Morgan fingerprint density at radius 2 is 2.03 bits per heavy atom. The molecular formula is C20H20N4O5. The maximum Gasteiger partial charge on any atom is 0.273 e. The third-order valence-corrected chi connectivity index (χ3v) is 4.12. The molecule has 0 atom stereocenters. The number of hydrogen-bond acceptors (Lipinski definition) is 6. The molecule has 1 N–H and O–H groups in total. The highest BCUT2D eigenvalue weighted by molar-refractivity contribution is 5.91. The van der Waals surface area contributed by atoms with Gasteiger partial charge >= 0.3 is 0 Å². The highest BCUT2D eigenvalue weighted by atomic mass is 16.6. The van der Waals surface area contributed by atoms with E-state index in [4.69, 9.17) is 9.47 Å². The second-order valence-corrected chi connectivity index (χ2v) is 6.29. The summed E-state index contributed by atoms with van der Waals surface area (Å²) in [6, 6.07) is 13.6. The maximum atomic E-state index is 12.3. The number of aromatic nitrogens is 2. The van der Waals surface area contributed by atoms with Crippen LogP contribution < -0.4 is 14.8 Å². The molecule has 0 radical (unpaired) electrons. The SMILES string of the molecule is COc1ccc([N+](=O)[O-])cc1OCC(=O)Nc1ccnn1Cc1cccc(C)c1. The first-order chi connectivity index (χ1) is 14.0. The van der Waals surface area contributed by atoms with Crippen molar-refractivity contribution in [1.82, 2.24) is 9.78 Å². The van der Waals surface area contributed by atoms with Crippen LogP contribution in [0.5, 0.6) is 11.5 Å². The zero-order chi connectivity index (χ0) is 20.8. The van der Waals surface area contributed by atoms with Gasteiger partial charge in [-0.3, -0.25) is 14.9 Å². The van der Waals surface area contributed by atoms with Gasteiger partial charge in [-0.1, -0.05) is 29.8 Å². The van der Waals surface area contributed by atoms with Gasteiger partial charge in [-0.2, -0.15) is 5.10 Å². The van der Waals surface area contributed by atoms with E-state index >= 15 is 0 Å². The molecule has 3 rings (SSSR count). The number of anilines is 1. The summed E-state index contributed by atoms with van der Waals surface area (Å²) in [5.74, 6) is 0.508. The number of nitrogens with one attached hydrogen (secondary N) is 1. The van der Waals surface area contributed by atoms with Crippen molar-refractivity contribution in [3.63, 3.8) is 0 Å². The van der Waals surface area contributed by atoms with E-state index in [-0.39, 0.29) is 18.0 Å². The average molecular weight is 396 g/mol. The molecule has 0 aliphatic carbocycles. The topological polar surface area (TPSA) is 109 Å². The summed E-state index contributed by atoms with van der Waals surface area (Å²) >= 11 is 0. The van der Waals surface area contributed by atoms with Crippen LogP contribution in [-0.4, -0.2) is 34.3 Å². The van der Waals surface area contributed by atoms with Gasteiger partial charge in [0.15, 0.2) is 18.1 Å². The first kappa shape index (κ1) is 19.9. The first-order valence-electron chi connectivity index (χ1n) is 8.78. The smallest absolute Gasteiger partial charge is 0.273 e. The zero-order valence-electron chi connectivity index (χ0n) is 16.0. The lowest BCUT2D eigenvalue weighted by Gasteiger charge is -2.12. The summed E-state index contributed by atoms with van der Waals surface area (Å²) in [4.78, 5) is 22.7. The Balaban J connectivity index is 1.64. The van der Waals surface area contributed by atoms with E-state index in [9.17, 15) is 14.9 Å². The number of nitro groups is 1. The van der Waals surface area contributed by atoms with Gasteiger partial charge in [-0.15, -0.1) is 0 Å². The van der Waals surface area contributed by atoms with Gasteiger partial charge in [0, 0.05) is 12.1 Å². The van der Waals surface area contributed by atoms with Crippen molar-refractivity contribution >= 4 is 17.4 Å². The van der Waals surface area contributed by atoms with Gasteiger partial charge in [0.25, 0.3) is 11.6 Å². The van der Waals surface area contributed by atoms with Crippen molar-refractivity contribution in [3.8, 4) is 11.5 Å². The van der Waals surface area contributed by atoms with Crippen LogP contribution in [0.25, 0.3) is 0 Å². The highest BCUT2D eigenvalue weighted by Gasteiger charge is 2.15. The van der Waals surface area contributed by atoms with E-state index in [2.05, 4.69) is 10.4 Å². The fourth-order valence-corrected chi connectivity index (χ4v) is 2.76. The molecule has 0 saturated heterocycles. The van der Waals surface area contributed by atoms with Crippen molar-refractivity contribution < 1.29 is 19.2 Å². The molecule has 9 nitrogen and oxygen atoms in total. The molecule has 0 spiro atoms. The monoisotopic (exact) mass is 396 g/mol. The molecular weight excluding hydrogens is 376 g/mol. The molecule has 0 unspecified atom stereocenters. The van der Waals surface area contributed by atoms with Crippen LogP contribution in [0.2, 0.25) is 0 Å². The number of ether oxygens (including phenoxy) is 2. The Hall–Kier alpha value is -3.88. The van der Waals surface area contributed by atoms with Crippen LogP contribution in [0.4, 0.5) is 11.5 Å². The number of carbonyl (C=O) groups excluding carboxylic acids is 1. The fraction of sp³-hybridized carbons (Fsp3) is 0.200. The summed E-state index contributed by atoms with van der Waals surface area (Å²) in [5.41, 5.74) is 2.04. The number of aryl methyl sites for hydroxylation is 1. The molecule has 0 aliphatic rings. The lowest BCUT2D eigenvalue weighted by molar-refractivity contribution is -0.385. The Morgan fingerprint density at radius 1 is 1.21 bits per heavy atom. The van der Waals surface area contributed by atoms with Gasteiger partial charge in [0.2, 0.25) is 0 Å². The number of benzene rings is 2. The fourth-order valence-electron chi connectivity index (χ4n) is 2.76. The summed E-state index contributed by atoms with van der Waals surface area (Å²) in [7, 11) is 1.41. The third kappa shape index (κ3) is 5.10. The minimum Gasteiger partial charge on any atom is -0.493 e. The second-order valence-electron chi connectivity index (χ2n) is 6.29. The van der Waals surface area contributed by atoms with Crippen molar-refractivity contribution in [1.29, 1.82) is 0 Å². The van der Waals surface area contributed by atoms with Gasteiger partial charge in [-0.05, 0) is 18.6 Å². The van der Waals surface area contributed by atoms with Crippen molar-refractivity contribution in [2.45, 2.75) is 13.5 Å². The molecule has 29 heavy (non-hydrogen) atoms. The molecule has 0 bridgehead atoms. The molecule has 3 aromatic rings. The number of nitrogens with zero attached hydrogens (tertiary/aromatic N) is 3. The van der Waals surface area contributed by atoms with Crippen LogP contribution >= 0.6 is 0 Å². The predicted molar refractivity (Wildman–Crippen MR) is 106 cm³/mol. The van der Waals surface area contributed by atoms with Gasteiger partial charge in [-0.25, -0.2) is 4.68 Å². The minimum absolute atomic E-state index is 0.116. The number of hydrogen-bond donors (Lipinski definition) is 1. The van der Waals surface area contributed by atoms with Gasteiger partial charge in [0.05, 0.1) is 30.8 Å². The summed E-state index contributed by atoms with van der Waals surface area (Å²) in [6.07, 6.45) is 1.59. The Morgan fingerprint density at radius 3 is 2.76 bits per heavy atom. The van der Waals surface area contributed by atoms with Crippen LogP contribution in [0, 0.1) is 17.0 Å². The van der Waals surface area contributed by atoms with Crippen LogP contribution in [0.3, 0.4) is 0 Å². The third-order valence-electron chi connectivity index (χ3n) is 4.12. The average Bonchev–Trinajstić information content (AvgIpc) is 3.12.